The molecule has 0 aliphatic heterocycles. The number of alkyl halides is 3. The molecule has 0 radical (unpaired) electrons. The normalized spacial score (nSPS) is 13.2. The molecular formula is C23H25F3N2O5S. The number of rotatable bonds is 9. The number of hydrogen-bond donors (Lipinski definition) is 2. The summed E-state index contributed by atoms with van der Waals surface area (Å²) >= 11 is 1.33. The van der Waals surface area contributed by atoms with Crippen LogP contribution in [-0.4, -0.2) is 44.7 Å². The summed E-state index contributed by atoms with van der Waals surface area (Å²) in [6.07, 6.45) is -1.42. The predicted octanol–water partition coefficient (Wildman–Crippen LogP) is 3.75. The first-order valence-electron chi connectivity index (χ1n) is 10.7. The number of benzene rings is 1. The number of ether oxygens (including phenoxy) is 2. The van der Waals surface area contributed by atoms with Crippen LogP contribution < -0.4 is 10.6 Å². The van der Waals surface area contributed by atoms with Gasteiger partial charge >= 0.3 is 12.1 Å². The molecule has 11 heteroatoms. The molecule has 2 aromatic rings. The fourth-order valence-electron chi connectivity index (χ4n) is 3.63. The van der Waals surface area contributed by atoms with E-state index in [4.69, 9.17) is 9.47 Å². The quantitative estimate of drug-likeness (QED) is 0.406. The van der Waals surface area contributed by atoms with Gasteiger partial charge in [0.1, 0.15) is 5.00 Å². The minimum atomic E-state index is -4.52. The Morgan fingerprint density at radius 3 is 2.65 bits per heavy atom. The zero-order valence-electron chi connectivity index (χ0n) is 18.5. The number of hydrogen-bond acceptors (Lipinski definition) is 6. The van der Waals surface area contributed by atoms with Crippen LogP contribution in [-0.2, 0) is 44.5 Å². The van der Waals surface area contributed by atoms with Gasteiger partial charge in [-0.1, -0.05) is 18.2 Å². The van der Waals surface area contributed by atoms with Gasteiger partial charge in [0.2, 0.25) is 0 Å². The summed E-state index contributed by atoms with van der Waals surface area (Å²) in [6, 6.07) is 4.36. The van der Waals surface area contributed by atoms with Crippen LogP contribution in [0.1, 0.15) is 44.8 Å². The number of fused-ring (bicyclic) bond motifs is 1. The van der Waals surface area contributed by atoms with Crippen LogP contribution in [0.3, 0.4) is 0 Å². The van der Waals surface area contributed by atoms with Crippen LogP contribution in [0.15, 0.2) is 24.3 Å². The Bertz CT molecular complexity index is 1050. The van der Waals surface area contributed by atoms with E-state index in [0.717, 1.165) is 48.3 Å². The molecule has 1 aromatic carbocycles. The third-order valence-electron chi connectivity index (χ3n) is 5.21. The standard InChI is InChI=1S/C23H25F3N2O5S/c1-32-10-9-27-21(31)20-16-7-2-3-8-17(16)34-22(20)28-18(29)13-33-19(30)12-14-5-4-6-15(11-14)23(24,25)26/h4-6,11H,2-3,7-10,12-13H2,1H3,(H,27,31)(H,28,29). The van der Waals surface area contributed by atoms with Gasteiger partial charge in [0.15, 0.2) is 6.61 Å². The molecule has 34 heavy (non-hydrogen) atoms. The largest absolute Gasteiger partial charge is 0.455 e. The topological polar surface area (TPSA) is 93.7 Å². The highest BCUT2D eigenvalue weighted by Gasteiger charge is 2.30. The van der Waals surface area contributed by atoms with Crippen molar-refractivity contribution in [3.05, 3.63) is 51.4 Å². The molecule has 2 amide bonds. The minimum Gasteiger partial charge on any atom is -0.455 e. The molecule has 0 fully saturated rings. The van der Waals surface area contributed by atoms with E-state index in [-0.39, 0.29) is 11.5 Å². The molecule has 0 bridgehead atoms. The lowest BCUT2D eigenvalue weighted by Gasteiger charge is -2.13. The molecule has 1 aliphatic carbocycles. The maximum absolute atomic E-state index is 12.8. The molecule has 7 nitrogen and oxygen atoms in total. The monoisotopic (exact) mass is 498 g/mol. The Morgan fingerprint density at radius 2 is 1.91 bits per heavy atom. The van der Waals surface area contributed by atoms with Gasteiger partial charge in [0.05, 0.1) is 24.2 Å². The molecule has 1 aromatic heterocycles. The molecule has 1 heterocycles. The Morgan fingerprint density at radius 1 is 1.15 bits per heavy atom. The van der Waals surface area contributed by atoms with Gasteiger partial charge in [-0.15, -0.1) is 11.3 Å². The molecule has 0 atom stereocenters. The van der Waals surface area contributed by atoms with Crippen LogP contribution >= 0.6 is 11.3 Å². The average Bonchev–Trinajstić information content (AvgIpc) is 3.15. The number of anilines is 1. The number of carbonyl (C=O) groups is 3. The van der Waals surface area contributed by atoms with Crippen molar-refractivity contribution in [2.24, 2.45) is 0 Å². The summed E-state index contributed by atoms with van der Waals surface area (Å²) < 4.78 is 48.4. The summed E-state index contributed by atoms with van der Waals surface area (Å²) in [6.45, 7) is 0.0488. The molecule has 184 valence electrons. The molecule has 0 saturated heterocycles. The fraction of sp³-hybridized carbons (Fsp3) is 0.435. The molecule has 0 unspecified atom stereocenters. The summed E-state index contributed by atoms with van der Waals surface area (Å²) in [5.74, 6) is -1.78. The second-order valence-electron chi connectivity index (χ2n) is 7.75. The van der Waals surface area contributed by atoms with E-state index in [9.17, 15) is 27.6 Å². The van der Waals surface area contributed by atoms with Gasteiger partial charge in [-0.3, -0.25) is 14.4 Å². The van der Waals surface area contributed by atoms with Crippen molar-refractivity contribution in [1.82, 2.24) is 5.32 Å². The number of halogens is 3. The Balaban J connectivity index is 1.61. The number of nitrogens with one attached hydrogen (secondary N) is 2. The van der Waals surface area contributed by atoms with E-state index in [0.29, 0.717) is 23.7 Å². The van der Waals surface area contributed by atoms with E-state index in [1.165, 1.54) is 30.6 Å². The van der Waals surface area contributed by atoms with Crippen molar-refractivity contribution in [3.8, 4) is 0 Å². The van der Waals surface area contributed by atoms with Gasteiger partial charge in [-0.2, -0.15) is 13.2 Å². The lowest BCUT2D eigenvalue weighted by atomic mass is 9.95. The van der Waals surface area contributed by atoms with E-state index in [1.807, 2.05) is 0 Å². The van der Waals surface area contributed by atoms with Crippen LogP contribution in [0.4, 0.5) is 18.2 Å². The van der Waals surface area contributed by atoms with Crippen LogP contribution in [0.25, 0.3) is 0 Å². The van der Waals surface area contributed by atoms with E-state index in [2.05, 4.69) is 10.6 Å². The zero-order chi connectivity index (χ0) is 24.7. The second-order valence-corrected chi connectivity index (χ2v) is 8.85. The van der Waals surface area contributed by atoms with Crippen molar-refractivity contribution < 1.29 is 37.0 Å². The first-order valence-corrected chi connectivity index (χ1v) is 11.5. The maximum atomic E-state index is 12.8. The molecule has 0 saturated carbocycles. The number of amides is 2. The summed E-state index contributed by atoms with van der Waals surface area (Å²) in [4.78, 5) is 38.3. The number of aryl methyl sites for hydroxylation is 1. The number of methoxy groups -OCH3 is 1. The molecule has 3 rings (SSSR count). The van der Waals surface area contributed by atoms with Crippen molar-refractivity contribution in [1.29, 1.82) is 0 Å². The van der Waals surface area contributed by atoms with Gasteiger partial charge in [-0.05, 0) is 42.9 Å². The Kier molecular flexibility index (Phi) is 8.67. The highest BCUT2D eigenvalue weighted by atomic mass is 32.1. The maximum Gasteiger partial charge on any atom is 0.416 e. The highest BCUT2D eigenvalue weighted by molar-refractivity contribution is 7.17. The SMILES string of the molecule is COCCNC(=O)c1c(NC(=O)COC(=O)Cc2cccc(C(F)(F)F)c2)sc2c1CCCC2. The van der Waals surface area contributed by atoms with E-state index < -0.39 is 36.6 Å². The van der Waals surface area contributed by atoms with E-state index in [1.54, 1.807) is 0 Å². The second kappa shape index (κ2) is 11.5. The number of carbonyl (C=O) groups excluding carboxylic acids is 3. The summed E-state index contributed by atoms with van der Waals surface area (Å²) in [5, 5.41) is 5.81. The molecule has 2 N–H and O–H groups in total. The third kappa shape index (κ3) is 6.80. The van der Waals surface area contributed by atoms with Gasteiger partial charge in [0, 0.05) is 18.5 Å². The summed E-state index contributed by atoms with van der Waals surface area (Å²) in [7, 11) is 1.53. The molecule has 1 aliphatic rings. The zero-order valence-corrected chi connectivity index (χ0v) is 19.4. The number of thiophene rings is 1. The first-order chi connectivity index (χ1) is 16.2. The van der Waals surface area contributed by atoms with Crippen LogP contribution in [0.2, 0.25) is 0 Å². The Hall–Kier alpha value is -2.92. The average molecular weight is 499 g/mol. The van der Waals surface area contributed by atoms with Crippen molar-refractivity contribution >= 4 is 34.1 Å². The first kappa shape index (κ1) is 25.7. The highest BCUT2D eigenvalue weighted by Crippen LogP contribution is 2.38. The van der Waals surface area contributed by atoms with Crippen molar-refractivity contribution in [2.75, 3.05) is 32.2 Å². The molecular weight excluding hydrogens is 473 g/mol. The molecule has 0 spiro atoms. The lowest BCUT2D eigenvalue weighted by Crippen LogP contribution is -2.29. The fourth-order valence-corrected chi connectivity index (χ4v) is 4.94. The van der Waals surface area contributed by atoms with Gasteiger partial charge in [-0.25, -0.2) is 0 Å². The lowest BCUT2D eigenvalue weighted by molar-refractivity contribution is -0.146. The summed E-state index contributed by atoms with van der Waals surface area (Å²) in [5.41, 5.74) is 0.595. The van der Waals surface area contributed by atoms with Crippen molar-refractivity contribution in [2.45, 2.75) is 38.3 Å². The Labute approximate surface area is 198 Å². The van der Waals surface area contributed by atoms with E-state index >= 15 is 0 Å². The minimum absolute atomic E-state index is 0.126. The number of esters is 1. The third-order valence-corrected chi connectivity index (χ3v) is 6.42. The van der Waals surface area contributed by atoms with Gasteiger partial charge in [0.25, 0.3) is 11.8 Å². The predicted molar refractivity (Wildman–Crippen MR) is 120 cm³/mol. The van der Waals surface area contributed by atoms with Gasteiger partial charge < -0.3 is 20.1 Å². The van der Waals surface area contributed by atoms with Crippen LogP contribution in [0, 0.1) is 0 Å². The van der Waals surface area contributed by atoms with Crippen molar-refractivity contribution in [3.63, 3.8) is 0 Å². The van der Waals surface area contributed by atoms with Crippen LogP contribution in [0.5, 0.6) is 0 Å². The smallest absolute Gasteiger partial charge is 0.416 e.